The van der Waals surface area contributed by atoms with Gasteiger partial charge in [-0.2, -0.15) is 0 Å². The number of nitrogens with zero attached hydrogens (tertiary/aromatic N) is 6. The monoisotopic (exact) mass is 327 g/mol. The fourth-order valence-corrected chi connectivity index (χ4v) is 3.69. The van der Waals surface area contributed by atoms with Gasteiger partial charge < -0.3 is 10.6 Å². The minimum absolute atomic E-state index is 0.224. The molecule has 126 valence electrons. The Morgan fingerprint density at radius 3 is 2.71 bits per heavy atom. The van der Waals surface area contributed by atoms with E-state index in [0.29, 0.717) is 0 Å². The zero-order valence-corrected chi connectivity index (χ0v) is 13.6. The van der Waals surface area contributed by atoms with Crippen molar-refractivity contribution in [3.05, 3.63) is 29.5 Å². The van der Waals surface area contributed by atoms with Crippen molar-refractivity contribution in [2.75, 3.05) is 18.0 Å². The second-order valence-corrected chi connectivity index (χ2v) is 6.50. The van der Waals surface area contributed by atoms with E-state index in [1.165, 1.54) is 24.1 Å². The second kappa shape index (κ2) is 6.18. The van der Waals surface area contributed by atoms with Crippen molar-refractivity contribution in [2.45, 2.75) is 44.6 Å². The zero-order valence-electron chi connectivity index (χ0n) is 13.6. The maximum atomic E-state index is 11.2. The molecule has 0 atom stereocenters. The minimum Gasteiger partial charge on any atom is -0.364 e. The maximum absolute atomic E-state index is 11.2. The van der Waals surface area contributed by atoms with Crippen molar-refractivity contribution in [3.63, 3.8) is 0 Å². The van der Waals surface area contributed by atoms with Gasteiger partial charge in [-0.15, -0.1) is 5.10 Å². The maximum Gasteiger partial charge on any atom is 0.270 e. The highest BCUT2D eigenvalue weighted by Gasteiger charge is 2.26. The summed E-state index contributed by atoms with van der Waals surface area (Å²) in [6.45, 7) is 1.83. The number of aromatic nitrogens is 5. The van der Waals surface area contributed by atoms with Crippen LogP contribution in [0.25, 0.3) is 0 Å². The summed E-state index contributed by atoms with van der Waals surface area (Å²) in [5.74, 6) is 0.570. The van der Waals surface area contributed by atoms with E-state index in [-0.39, 0.29) is 11.7 Å². The largest absolute Gasteiger partial charge is 0.364 e. The average molecular weight is 327 g/mol. The van der Waals surface area contributed by atoms with Crippen molar-refractivity contribution in [3.8, 4) is 0 Å². The molecule has 1 aliphatic heterocycles. The number of piperidine rings is 1. The van der Waals surface area contributed by atoms with Gasteiger partial charge in [-0.05, 0) is 38.5 Å². The summed E-state index contributed by atoms with van der Waals surface area (Å²) in [7, 11) is 0. The summed E-state index contributed by atoms with van der Waals surface area (Å²) in [6.07, 6.45) is 9.82. The van der Waals surface area contributed by atoms with E-state index in [1.807, 2.05) is 0 Å². The van der Waals surface area contributed by atoms with Crippen LogP contribution in [0.3, 0.4) is 0 Å². The van der Waals surface area contributed by atoms with Crippen LogP contribution in [0, 0.1) is 0 Å². The predicted octanol–water partition coefficient (Wildman–Crippen LogP) is 0.887. The van der Waals surface area contributed by atoms with Crippen molar-refractivity contribution in [2.24, 2.45) is 5.73 Å². The Balaban J connectivity index is 1.47. The van der Waals surface area contributed by atoms with Gasteiger partial charge in [-0.25, -0.2) is 14.6 Å². The van der Waals surface area contributed by atoms with Crippen molar-refractivity contribution in [1.29, 1.82) is 0 Å². The summed E-state index contributed by atoms with van der Waals surface area (Å²) in [5.41, 5.74) is 8.02. The van der Waals surface area contributed by atoms with Crippen LogP contribution in [0.5, 0.6) is 0 Å². The number of rotatable bonds is 3. The van der Waals surface area contributed by atoms with Gasteiger partial charge >= 0.3 is 0 Å². The first-order chi connectivity index (χ1) is 11.7. The van der Waals surface area contributed by atoms with Gasteiger partial charge in [0.25, 0.3) is 5.91 Å². The van der Waals surface area contributed by atoms with E-state index in [4.69, 9.17) is 5.73 Å². The second-order valence-electron chi connectivity index (χ2n) is 6.50. The summed E-state index contributed by atoms with van der Waals surface area (Å²) >= 11 is 0. The van der Waals surface area contributed by atoms with Crippen molar-refractivity contribution < 1.29 is 4.79 Å². The molecule has 0 unspecified atom stereocenters. The van der Waals surface area contributed by atoms with E-state index in [9.17, 15) is 4.79 Å². The molecule has 1 saturated heterocycles. The Hall–Kier alpha value is -2.51. The highest BCUT2D eigenvalue weighted by Crippen LogP contribution is 2.31. The highest BCUT2D eigenvalue weighted by molar-refractivity contribution is 5.90. The van der Waals surface area contributed by atoms with Gasteiger partial charge in [0, 0.05) is 24.3 Å². The van der Waals surface area contributed by atoms with Crippen LogP contribution < -0.4 is 10.6 Å². The Morgan fingerprint density at radius 2 is 1.96 bits per heavy atom. The topological polar surface area (TPSA) is 103 Å². The Kier molecular flexibility index (Phi) is 3.87. The minimum atomic E-state index is -0.536. The zero-order chi connectivity index (χ0) is 16.5. The molecule has 3 heterocycles. The van der Waals surface area contributed by atoms with Crippen LogP contribution in [0.4, 0.5) is 5.82 Å². The molecule has 1 amide bonds. The molecule has 24 heavy (non-hydrogen) atoms. The molecule has 2 N–H and O–H groups in total. The molecular weight excluding hydrogens is 306 g/mol. The summed E-state index contributed by atoms with van der Waals surface area (Å²) in [6, 6.07) is 0.250. The first kappa shape index (κ1) is 15.0. The van der Waals surface area contributed by atoms with E-state index >= 15 is 0 Å². The molecular formula is C16H21N7O. The first-order valence-corrected chi connectivity index (χ1v) is 8.51. The van der Waals surface area contributed by atoms with E-state index in [1.54, 1.807) is 17.2 Å². The number of nitrogens with two attached hydrogens (primary N) is 1. The van der Waals surface area contributed by atoms with Gasteiger partial charge in [-0.1, -0.05) is 5.21 Å². The van der Waals surface area contributed by atoms with Gasteiger partial charge in [0.2, 0.25) is 0 Å². The van der Waals surface area contributed by atoms with Gasteiger partial charge in [-0.3, -0.25) is 4.79 Å². The normalized spacial score (nSPS) is 18.4. The van der Waals surface area contributed by atoms with Crippen LogP contribution in [0.2, 0.25) is 0 Å². The quantitative estimate of drug-likeness (QED) is 0.898. The molecule has 2 aromatic rings. The fraction of sp³-hybridized carbons (Fsp3) is 0.562. The molecule has 0 radical (unpaired) electrons. The lowest BCUT2D eigenvalue weighted by Crippen LogP contribution is -2.36. The first-order valence-electron chi connectivity index (χ1n) is 8.51. The molecule has 0 aromatic carbocycles. The number of aryl methyl sites for hydroxylation is 1. The van der Waals surface area contributed by atoms with Crippen LogP contribution in [-0.4, -0.2) is 44.0 Å². The molecule has 2 aromatic heterocycles. The number of anilines is 1. The third-order valence-electron chi connectivity index (χ3n) is 5.00. The third kappa shape index (κ3) is 2.72. The van der Waals surface area contributed by atoms with E-state index < -0.39 is 5.91 Å². The van der Waals surface area contributed by atoms with Crippen molar-refractivity contribution in [1.82, 2.24) is 25.0 Å². The number of carbonyl (C=O) groups is 1. The summed E-state index contributed by atoms with van der Waals surface area (Å²) in [5, 5.41) is 7.88. The van der Waals surface area contributed by atoms with Crippen LogP contribution in [0.1, 0.15) is 53.5 Å². The molecule has 8 heteroatoms. The molecule has 4 rings (SSSR count). The molecule has 1 aliphatic carbocycles. The lowest BCUT2D eigenvalue weighted by molar-refractivity contribution is 0.0995. The van der Waals surface area contributed by atoms with Crippen LogP contribution in [0.15, 0.2) is 12.5 Å². The van der Waals surface area contributed by atoms with Crippen LogP contribution >= 0.6 is 0 Å². The predicted molar refractivity (Wildman–Crippen MR) is 87.7 cm³/mol. The molecule has 0 spiro atoms. The standard InChI is InChI=1S/C16H21N7O/c17-15(24)14-9-23(21-20-14)11-5-7-22(8-6-11)16-12-3-1-2-4-13(12)18-10-19-16/h9-11H,1-8H2,(H2,17,24). The molecule has 8 nitrogen and oxygen atoms in total. The number of carbonyl (C=O) groups excluding carboxylic acids is 1. The lowest BCUT2D eigenvalue weighted by atomic mass is 9.95. The van der Waals surface area contributed by atoms with Crippen LogP contribution in [-0.2, 0) is 12.8 Å². The molecule has 0 saturated carbocycles. The van der Waals surface area contributed by atoms with E-state index in [2.05, 4.69) is 25.2 Å². The molecule has 0 bridgehead atoms. The summed E-state index contributed by atoms with van der Waals surface area (Å²) in [4.78, 5) is 22.5. The third-order valence-corrected chi connectivity index (χ3v) is 5.00. The smallest absolute Gasteiger partial charge is 0.270 e. The highest BCUT2D eigenvalue weighted by atomic mass is 16.1. The van der Waals surface area contributed by atoms with Gasteiger partial charge in [0.15, 0.2) is 5.69 Å². The fourth-order valence-electron chi connectivity index (χ4n) is 3.69. The SMILES string of the molecule is NC(=O)c1cn(C2CCN(c3ncnc4c3CCCC4)CC2)nn1. The number of hydrogen-bond donors (Lipinski definition) is 1. The molecule has 1 fully saturated rings. The number of hydrogen-bond acceptors (Lipinski definition) is 6. The number of amides is 1. The van der Waals surface area contributed by atoms with E-state index in [0.717, 1.165) is 44.6 Å². The Morgan fingerprint density at radius 1 is 1.17 bits per heavy atom. The lowest BCUT2D eigenvalue weighted by Gasteiger charge is -2.34. The molecule has 2 aliphatic rings. The van der Waals surface area contributed by atoms with Crippen molar-refractivity contribution >= 4 is 11.7 Å². The number of primary amides is 1. The van der Waals surface area contributed by atoms with Gasteiger partial charge in [0.05, 0.1) is 12.2 Å². The number of fused-ring (bicyclic) bond motifs is 1. The Bertz CT molecular complexity index is 749. The van der Waals surface area contributed by atoms with Gasteiger partial charge in [0.1, 0.15) is 12.1 Å². The Labute approximate surface area is 140 Å². The average Bonchev–Trinajstić information content (AvgIpc) is 3.12. The summed E-state index contributed by atoms with van der Waals surface area (Å²) < 4.78 is 1.77.